The van der Waals surface area contributed by atoms with Crippen LogP contribution in [0.3, 0.4) is 0 Å². The Morgan fingerprint density at radius 3 is 2.80 bits per heavy atom. The van der Waals surface area contributed by atoms with Crippen LogP contribution in [0, 0.1) is 6.92 Å². The minimum absolute atomic E-state index is 0.188. The van der Waals surface area contributed by atoms with Gasteiger partial charge in [-0.25, -0.2) is 4.98 Å². The fourth-order valence-corrected chi connectivity index (χ4v) is 4.96. The Bertz CT molecular complexity index is 1020. The first kappa shape index (κ1) is 19.3. The van der Waals surface area contributed by atoms with Gasteiger partial charge in [0.1, 0.15) is 5.82 Å². The predicted molar refractivity (Wildman–Crippen MR) is 119 cm³/mol. The molecule has 0 bridgehead atoms. The van der Waals surface area contributed by atoms with E-state index in [0.717, 1.165) is 63.6 Å². The summed E-state index contributed by atoms with van der Waals surface area (Å²) in [5.41, 5.74) is 3.75. The summed E-state index contributed by atoms with van der Waals surface area (Å²) < 4.78 is 5.26. The minimum Gasteiger partial charge on any atom is -0.467 e. The van der Waals surface area contributed by atoms with E-state index in [1.165, 1.54) is 16.5 Å². The standard InChI is InChI=1S/C23H30N6O/c1-17-13-21(27-22(26-17)30-2)29-10-7-23(8-11-29)16-28(12-9-25-23)15-18-14-24-20-6-4-3-5-19(18)20/h3-6,13-14,24-25H,7-12,15-16H2,1-2H3. The highest BCUT2D eigenvalue weighted by atomic mass is 16.5. The van der Waals surface area contributed by atoms with E-state index in [4.69, 9.17) is 4.74 Å². The topological polar surface area (TPSA) is 69.3 Å². The van der Waals surface area contributed by atoms with Crippen molar-refractivity contribution in [1.29, 1.82) is 0 Å². The maximum Gasteiger partial charge on any atom is 0.318 e. The Balaban J connectivity index is 1.26. The first-order valence-corrected chi connectivity index (χ1v) is 10.8. The second kappa shape index (κ2) is 7.89. The molecule has 7 heteroatoms. The first-order valence-electron chi connectivity index (χ1n) is 10.8. The summed E-state index contributed by atoms with van der Waals surface area (Å²) in [5, 5.41) is 5.19. The molecule has 30 heavy (non-hydrogen) atoms. The number of para-hydroxylation sites is 1. The van der Waals surface area contributed by atoms with Crippen molar-refractivity contribution < 1.29 is 4.74 Å². The van der Waals surface area contributed by atoms with Crippen molar-refractivity contribution in [2.75, 3.05) is 44.7 Å². The summed E-state index contributed by atoms with van der Waals surface area (Å²) in [4.78, 5) is 17.3. The van der Waals surface area contributed by atoms with E-state index in [9.17, 15) is 0 Å². The van der Waals surface area contributed by atoms with Gasteiger partial charge >= 0.3 is 6.01 Å². The van der Waals surface area contributed by atoms with Crippen LogP contribution in [0.15, 0.2) is 36.5 Å². The smallest absolute Gasteiger partial charge is 0.318 e. The molecule has 4 heterocycles. The molecule has 1 aromatic carbocycles. The molecule has 0 saturated carbocycles. The molecule has 0 unspecified atom stereocenters. The van der Waals surface area contributed by atoms with Gasteiger partial charge in [-0.1, -0.05) is 18.2 Å². The molecule has 2 aliphatic heterocycles. The average Bonchev–Trinajstić information content (AvgIpc) is 3.17. The molecule has 1 spiro atoms. The summed E-state index contributed by atoms with van der Waals surface area (Å²) in [7, 11) is 1.62. The highest BCUT2D eigenvalue weighted by Crippen LogP contribution is 2.30. The van der Waals surface area contributed by atoms with Gasteiger partial charge < -0.3 is 19.9 Å². The molecule has 3 aromatic rings. The van der Waals surface area contributed by atoms with Crippen LogP contribution in [0.5, 0.6) is 6.01 Å². The van der Waals surface area contributed by atoms with Crippen LogP contribution in [0.2, 0.25) is 0 Å². The molecule has 0 aliphatic carbocycles. The van der Waals surface area contributed by atoms with Crippen molar-refractivity contribution in [3.8, 4) is 6.01 Å². The van der Waals surface area contributed by atoms with Crippen LogP contribution < -0.4 is 15.0 Å². The number of nitrogens with zero attached hydrogens (tertiary/aromatic N) is 4. The number of ether oxygens (including phenoxy) is 1. The number of hydrogen-bond acceptors (Lipinski definition) is 6. The Morgan fingerprint density at radius 2 is 1.97 bits per heavy atom. The summed E-state index contributed by atoms with van der Waals surface area (Å²) >= 11 is 0. The monoisotopic (exact) mass is 406 g/mol. The van der Waals surface area contributed by atoms with Crippen LogP contribution in [0.4, 0.5) is 5.82 Å². The van der Waals surface area contributed by atoms with Crippen molar-refractivity contribution >= 4 is 16.7 Å². The van der Waals surface area contributed by atoms with Gasteiger partial charge in [-0.2, -0.15) is 4.98 Å². The number of aryl methyl sites for hydroxylation is 1. The van der Waals surface area contributed by atoms with Gasteiger partial charge in [-0.3, -0.25) is 4.90 Å². The lowest BCUT2D eigenvalue weighted by Crippen LogP contribution is -2.64. The number of aromatic amines is 1. The van der Waals surface area contributed by atoms with E-state index < -0.39 is 0 Å². The SMILES string of the molecule is COc1nc(C)cc(N2CCC3(CC2)CN(Cc2c[nH]c4ccccc24)CCN3)n1. The van der Waals surface area contributed by atoms with E-state index in [-0.39, 0.29) is 5.54 Å². The highest BCUT2D eigenvalue weighted by molar-refractivity contribution is 5.82. The van der Waals surface area contributed by atoms with Gasteiger partial charge in [-0.15, -0.1) is 0 Å². The molecule has 5 rings (SSSR count). The molecule has 2 fully saturated rings. The lowest BCUT2D eigenvalue weighted by atomic mass is 9.85. The van der Waals surface area contributed by atoms with Crippen molar-refractivity contribution in [2.24, 2.45) is 0 Å². The number of anilines is 1. The zero-order valence-corrected chi connectivity index (χ0v) is 17.8. The second-order valence-electron chi connectivity index (χ2n) is 8.62. The number of rotatable bonds is 4. The summed E-state index contributed by atoms with van der Waals surface area (Å²) in [5.74, 6) is 0.973. The minimum atomic E-state index is 0.188. The van der Waals surface area contributed by atoms with Crippen molar-refractivity contribution in [2.45, 2.75) is 31.8 Å². The lowest BCUT2D eigenvalue weighted by Gasteiger charge is -2.48. The summed E-state index contributed by atoms with van der Waals surface area (Å²) in [6, 6.07) is 11.1. The molecular weight excluding hydrogens is 376 g/mol. The third-order valence-corrected chi connectivity index (χ3v) is 6.57. The fraction of sp³-hybridized carbons (Fsp3) is 0.478. The van der Waals surface area contributed by atoms with Gasteiger partial charge in [0.25, 0.3) is 0 Å². The largest absolute Gasteiger partial charge is 0.467 e. The Hall–Kier alpha value is -2.64. The van der Waals surface area contributed by atoms with Gasteiger partial charge in [-0.05, 0) is 31.4 Å². The van der Waals surface area contributed by atoms with Gasteiger partial charge in [0.05, 0.1) is 7.11 Å². The van der Waals surface area contributed by atoms with E-state index >= 15 is 0 Å². The quantitative estimate of drug-likeness (QED) is 0.694. The molecule has 2 aromatic heterocycles. The van der Waals surface area contributed by atoms with Crippen molar-refractivity contribution in [1.82, 2.24) is 25.2 Å². The van der Waals surface area contributed by atoms with Crippen LogP contribution in [0.1, 0.15) is 24.1 Å². The molecule has 0 atom stereocenters. The number of H-pyrrole nitrogens is 1. The zero-order chi connectivity index (χ0) is 20.6. The molecule has 7 nitrogen and oxygen atoms in total. The molecule has 2 N–H and O–H groups in total. The molecule has 2 saturated heterocycles. The molecule has 0 amide bonds. The number of fused-ring (bicyclic) bond motifs is 1. The van der Waals surface area contributed by atoms with Crippen molar-refractivity contribution in [3.05, 3.63) is 47.8 Å². The predicted octanol–water partition coefficient (Wildman–Crippen LogP) is 2.72. The Morgan fingerprint density at radius 1 is 1.13 bits per heavy atom. The van der Waals surface area contributed by atoms with Crippen LogP contribution >= 0.6 is 0 Å². The highest BCUT2D eigenvalue weighted by Gasteiger charge is 2.38. The van der Waals surface area contributed by atoms with E-state index in [1.807, 2.05) is 6.92 Å². The Labute approximate surface area is 177 Å². The van der Waals surface area contributed by atoms with Gasteiger partial charge in [0.15, 0.2) is 0 Å². The number of benzene rings is 1. The normalized spacial score (nSPS) is 19.5. The first-order chi connectivity index (χ1) is 14.6. The number of methoxy groups -OCH3 is 1. The fourth-order valence-electron chi connectivity index (χ4n) is 4.96. The lowest BCUT2D eigenvalue weighted by molar-refractivity contribution is 0.105. The Kier molecular flexibility index (Phi) is 5.08. The maximum atomic E-state index is 5.26. The van der Waals surface area contributed by atoms with Crippen molar-refractivity contribution in [3.63, 3.8) is 0 Å². The number of piperidine rings is 1. The number of nitrogens with one attached hydrogen (secondary N) is 2. The molecular formula is C23H30N6O. The second-order valence-corrected chi connectivity index (χ2v) is 8.62. The van der Waals surface area contributed by atoms with Gasteiger partial charge in [0.2, 0.25) is 0 Å². The maximum absolute atomic E-state index is 5.26. The molecule has 158 valence electrons. The van der Waals surface area contributed by atoms with E-state index in [2.05, 4.69) is 66.6 Å². The summed E-state index contributed by atoms with van der Waals surface area (Å²) in [6.45, 7) is 8.20. The van der Waals surface area contributed by atoms with E-state index in [1.54, 1.807) is 7.11 Å². The summed E-state index contributed by atoms with van der Waals surface area (Å²) in [6.07, 6.45) is 4.40. The van der Waals surface area contributed by atoms with Gasteiger partial charge in [0, 0.05) is 73.7 Å². The van der Waals surface area contributed by atoms with Crippen LogP contribution in [-0.4, -0.2) is 65.2 Å². The third kappa shape index (κ3) is 3.75. The number of piperazine rings is 1. The number of hydrogen-bond donors (Lipinski definition) is 2. The van der Waals surface area contributed by atoms with E-state index in [0.29, 0.717) is 6.01 Å². The van der Waals surface area contributed by atoms with Crippen LogP contribution in [-0.2, 0) is 6.54 Å². The van der Waals surface area contributed by atoms with Crippen LogP contribution in [0.25, 0.3) is 10.9 Å². The molecule has 0 radical (unpaired) electrons. The number of aromatic nitrogens is 3. The zero-order valence-electron chi connectivity index (χ0n) is 17.8. The third-order valence-electron chi connectivity index (χ3n) is 6.57. The average molecular weight is 407 g/mol. The molecule has 2 aliphatic rings.